The third-order valence-electron chi connectivity index (χ3n) is 6.20. The molecule has 3 atom stereocenters. The number of rotatable bonds is 5. The van der Waals surface area contributed by atoms with Crippen LogP contribution in [0.25, 0.3) is 5.65 Å². The molecule has 0 unspecified atom stereocenters. The molecular weight excluding hydrogens is 487 g/mol. The lowest BCUT2D eigenvalue weighted by Crippen LogP contribution is -2.48. The zero-order valence-corrected chi connectivity index (χ0v) is 17.8. The topological polar surface area (TPSA) is 80.5 Å². The maximum Gasteiger partial charge on any atom is 0.433 e. The van der Waals surface area contributed by atoms with Gasteiger partial charge in [0.2, 0.25) is 11.9 Å². The van der Waals surface area contributed by atoms with Crippen molar-refractivity contribution < 1.29 is 35.5 Å². The summed E-state index contributed by atoms with van der Waals surface area (Å²) in [7, 11) is 0. The molecule has 1 N–H and O–H groups in total. The molecule has 5 rings (SSSR count). The molecule has 0 aromatic carbocycles. The average Bonchev–Trinajstić information content (AvgIpc) is 3.27. The number of ether oxygens (including phenoxy) is 1. The summed E-state index contributed by atoms with van der Waals surface area (Å²) in [5, 5.41) is 6.97. The fourth-order valence-electron chi connectivity index (χ4n) is 4.78. The fraction of sp³-hybridized carbons (Fsp3) is 0.500. The summed E-state index contributed by atoms with van der Waals surface area (Å²) >= 11 is 0. The molecular formula is C20H18F7N7O. The van der Waals surface area contributed by atoms with E-state index >= 15 is 0 Å². The van der Waals surface area contributed by atoms with E-state index in [1.165, 1.54) is 6.07 Å². The van der Waals surface area contributed by atoms with Crippen molar-refractivity contribution in [2.24, 2.45) is 11.8 Å². The maximum absolute atomic E-state index is 13.5. The molecule has 8 nitrogen and oxygen atoms in total. The van der Waals surface area contributed by atoms with Crippen LogP contribution in [0.5, 0.6) is 5.75 Å². The SMILES string of the molecule is Fc1cc(N2C[C@H]3CC[C@@H](C2)[C@@H]3Nc2nc3c(OCC(F)(F)F)ccc(C(F)(F)F)n3n2)ncn1. The van der Waals surface area contributed by atoms with E-state index in [9.17, 15) is 30.7 Å². The molecule has 1 aliphatic carbocycles. The second-order valence-electron chi connectivity index (χ2n) is 8.53. The smallest absolute Gasteiger partial charge is 0.433 e. The summed E-state index contributed by atoms with van der Waals surface area (Å²) in [5.41, 5.74) is -1.68. The molecule has 2 bridgehead atoms. The summed E-state index contributed by atoms with van der Waals surface area (Å²) < 4.78 is 96.9. The van der Waals surface area contributed by atoms with Gasteiger partial charge in [-0.15, -0.1) is 5.10 Å². The first-order valence-corrected chi connectivity index (χ1v) is 10.6. The first-order chi connectivity index (χ1) is 16.5. The Balaban J connectivity index is 1.40. The molecule has 4 heterocycles. The van der Waals surface area contributed by atoms with Crippen LogP contribution in [0.2, 0.25) is 0 Å². The highest BCUT2D eigenvalue weighted by Gasteiger charge is 2.43. The molecule has 1 aliphatic heterocycles. The van der Waals surface area contributed by atoms with E-state index in [4.69, 9.17) is 0 Å². The Hall–Kier alpha value is -3.39. The minimum atomic E-state index is -4.82. The molecule has 2 aliphatic rings. The largest absolute Gasteiger partial charge is 0.480 e. The zero-order chi connectivity index (χ0) is 25.0. The van der Waals surface area contributed by atoms with Crippen molar-refractivity contribution in [2.45, 2.75) is 31.2 Å². The third kappa shape index (κ3) is 4.75. The Labute approximate surface area is 193 Å². The van der Waals surface area contributed by atoms with Crippen LogP contribution in [0.15, 0.2) is 24.5 Å². The van der Waals surface area contributed by atoms with E-state index < -0.39 is 42.0 Å². The van der Waals surface area contributed by atoms with Crippen LogP contribution in [0.1, 0.15) is 18.5 Å². The fourth-order valence-corrected chi connectivity index (χ4v) is 4.78. The molecule has 1 saturated carbocycles. The number of nitrogens with one attached hydrogen (secondary N) is 1. The van der Waals surface area contributed by atoms with E-state index in [1.807, 2.05) is 4.90 Å². The third-order valence-corrected chi connectivity index (χ3v) is 6.20. The van der Waals surface area contributed by atoms with Gasteiger partial charge in [0.1, 0.15) is 17.8 Å². The number of aromatic nitrogens is 5. The Bertz CT molecular complexity index is 1210. The normalized spacial score (nSPS) is 22.6. The van der Waals surface area contributed by atoms with Gasteiger partial charge < -0.3 is 15.0 Å². The number of fused-ring (bicyclic) bond motifs is 3. The van der Waals surface area contributed by atoms with Crippen LogP contribution < -0.4 is 15.0 Å². The highest BCUT2D eigenvalue weighted by molar-refractivity contribution is 5.57. The standard InChI is InChI=1S/C20H18F7N7O/c21-14-5-15(29-9-28-14)33-6-10-1-2-11(7-33)16(10)30-18-31-17-12(35-8-19(22,23)24)3-4-13(20(25,26)27)34(17)32-18/h3-5,9-11,16H,1-2,6-8H2,(H,30,32)/t10-,11+,16-. The van der Waals surface area contributed by atoms with Crippen molar-refractivity contribution in [2.75, 3.05) is 29.9 Å². The molecule has 1 saturated heterocycles. The Morgan fingerprint density at radius 2 is 1.74 bits per heavy atom. The lowest BCUT2D eigenvalue weighted by atomic mass is 9.92. The second-order valence-corrected chi connectivity index (χ2v) is 8.53. The molecule has 15 heteroatoms. The van der Waals surface area contributed by atoms with Gasteiger partial charge in [-0.05, 0) is 36.8 Å². The van der Waals surface area contributed by atoms with Crippen LogP contribution in [0.3, 0.4) is 0 Å². The van der Waals surface area contributed by atoms with Gasteiger partial charge in [-0.1, -0.05) is 0 Å². The predicted octanol–water partition coefficient (Wildman–Crippen LogP) is 3.95. The zero-order valence-electron chi connectivity index (χ0n) is 17.8. The maximum atomic E-state index is 13.5. The minimum absolute atomic E-state index is 0.0430. The molecule has 0 spiro atoms. The summed E-state index contributed by atoms with van der Waals surface area (Å²) in [6, 6.07) is 2.44. The molecule has 2 fully saturated rings. The van der Waals surface area contributed by atoms with Crippen molar-refractivity contribution >= 4 is 17.4 Å². The number of halogens is 7. The minimum Gasteiger partial charge on any atom is -0.480 e. The number of piperidine rings is 1. The van der Waals surface area contributed by atoms with E-state index in [1.54, 1.807) is 0 Å². The Morgan fingerprint density at radius 3 is 2.37 bits per heavy atom. The molecule has 3 aromatic rings. The van der Waals surface area contributed by atoms with Crippen molar-refractivity contribution in [1.29, 1.82) is 0 Å². The quantitative estimate of drug-likeness (QED) is 0.416. The predicted molar refractivity (Wildman–Crippen MR) is 107 cm³/mol. The monoisotopic (exact) mass is 505 g/mol. The van der Waals surface area contributed by atoms with E-state index in [0.717, 1.165) is 25.2 Å². The Kier molecular flexibility index (Phi) is 5.59. The summed E-state index contributed by atoms with van der Waals surface area (Å²) in [5.74, 6) is -0.746. The molecule has 0 radical (unpaired) electrons. The molecule has 35 heavy (non-hydrogen) atoms. The van der Waals surface area contributed by atoms with Gasteiger partial charge in [0.25, 0.3) is 0 Å². The summed E-state index contributed by atoms with van der Waals surface area (Å²) in [6.45, 7) is -0.645. The highest BCUT2D eigenvalue weighted by atomic mass is 19.4. The second kappa shape index (κ2) is 8.37. The number of pyridine rings is 1. The van der Waals surface area contributed by atoms with Crippen molar-refractivity contribution in [3.05, 3.63) is 36.2 Å². The van der Waals surface area contributed by atoms with Gasteiger partial charge in [-0.25, -0.2) is 14.5 Å². The molecule has 3 aromatic heterocycles. The lowest BCUT2D eigenvalue weighted by Gasteiger charge is -2.38. The first kappa shape index (κ1) is 23.4. The van der Waals surface area contributed by atoms with Crippen LogP contribution in [-0.2, 0) is 6.18 Å². The van der Waals surface area contributed by atoms with Gasteiger partial charge >= 0.3 is 12.4 Å². The number of nitrogens with zero attached hydrogens (tertiary/aromatic N) is 6. The highest BCUT2D eigenvalue weighted by Crippen LogP contribution is 2.40. The van der Waals surface area contributed by atoms with Crippen LogP contribution >= 0.6 is 0 Å². The first-order valence-electron chi connectivity index (χ1n) is 10.6. The van der Waals surface area contributed by atoms with Gasteiger partial charge in [0.15, 0.2) is 18.0 Å². The van der Waals surface area contributed by atoms with E-state index in [2.05, 4.69) is 30.1 Å². The van der Waals surface area contributed by atoms with Crippen molar-refractivity contribution in [1.82, 2.24) is 24.6 Å². The summed E-state index contributed by atoms with van der Waals surface area (Å²) in [4.78, 5) is 13.5. The lowest BCUT2D eigenvalue weighted by molar-refractivity contribution is -0.153. The number of hydrogen-bond donors (Lipinski definition) is 1. The van der Waals surface area contributed by atoms with E-state index in [-0.39, 0.29) is 23.8 Å². The van der Waals surface area contributed by atoms with Gasteiger partial charge in [0, 0.05) is 25.2 Å². The average molecular weight is 505 g/mol. The van der Waals surface area contributed by atoms with Crippen LogP contribution in [-0.4, -0.2) is 56.5 Å². The van der Waals surface area contributed by atoms with Crippen molar-refractivity contribution in [3.8, 4) is 5.75 Å². The van der Waals surface area contributed by atoms with Gasteiger partial charge in [-0.2, -0.15) is 35.7 Å². The van der Waals surface area contributed by atoms with Gasteiger partial charge in [-0.3, -0.25) is 0 Å². The van der Waals surface area contributed by atoms with Crippen molar-refractivity contribution in [3.63, 3.8) is 0 Å². The summed E-state index contributed by atoms with van der Waals surface area (Å²) in [6.07, 6.45) is -6.74. The van der Waals surface area contributed by atoms with E-state index in [0.29, 0.717) is 29.5 Å². The number of hydrogen-bond acceptors (Lipinski definition) is 7. The van der Waals surface area contributed by atoms with Crippen LogP contribution in [0, 0.1) is 17.8 Å². The Morgan fingerprint density at radius 1 is 1.03 bits per heavy atom. The van der Waals surface area contributed by atoms with Crippen LogP contribution in [0.4, 0.5) is 42.5 Å². The number of alkyl halides is 6. The molecule has 188 valence electrons. The van der Waals surface area contributed by atoms with Gasteiger partial charge in [0.05, 0.1) is 0 Å². The number of anilines is 2. The molecule has 0 amide bonds.